The number of hydrazone groups is 1. The number of methoxy groups -OCH3 is 2. The quantitative estimate of drug-likeness (QED) is 0.485. The molecule has 1 N–H and O–H groups in total. The summed E-state index contributed by atoms with van der Waals surface area (Å²) in [6.45, 7) is 0. The molecule has 122 valence electrons. The molecule has 0 saturated carbocycles. The van der Waals surface area contributed by atoms with Crippen molar-refractivity contribution in [3.63, 3.8) is 0 Å². The Morgan fingerprint density at radius 2 is 1.91 bits per heavy atom. The molecule has 0 aliphatic carbocycles. The molecule has 1 aromatic heterocycles. The number of nitrogens with zero attached hydrogens (tertiary/aromatic N) is 1. The average Bonchev–Trinajstić information content (AvgIpc) is 3.05. The lowest BCUT2D eigenvalue weighted by atomic mass is 10.2. The van der Waals surface area contributed by atoms with E-state index in [4.69, 9.17) is 4.74 Å². The highest BCUT2D eigenvalue weighted by molar-refractivity contribution is 7.89. The molecule has 7 nitrogen and oxygen atoms in total. The van der Waals surface area contributed by atoms with Gasteiger partial charge in [0.1, 0.15) is 15.5 Å². The van der Waals surface area contributed by atoms with Crippen molar-refractivity contribution in [2.24, 2.45) is 5.10 Å². The van der Waals surface area contributed by atoms with E-state index in [2.05, 4.69) is 14.7 Å². The molecule has 1 aromatic carbocycles. The van der Waals surface area contributed by atoms with Crippen LogP contribution in [-0.4, -0.2) is 34.8 Å². The normalized spacial score (nSPS) is 11.4. The molecule has 0 aliphatic heterocycles. The van der Waals surface area contributed by atoms with Crippen LogP contribution in [0.5, 0.6) is 5.75 Å². The van der Waals surface area contributed by atoms with Crippen LogP contribution < -0.4 is 9.57 Å². The van der Waals surface area contributed by atoms with Gasteiger partial charge in [-0.3, -0.25) is 0 Å². The number of sulfonamides is 1. The highest BCUT2D eigenvalue weighted by Gasteiger charge is 2.24. The lowest BCUT2D eigenvalue weighted by Crippen LogP contribution is -2.20. The number of thiophene rings is 1. The average molecular weight is 354 g/mol. The van der Waals surface area contributed by atoms with E-state index in [1.807, 2.05) is 0 Å². The Labute approximate surface area is 137 Å². The Bertz CT molecular complexity index is 810. The van der Waals surface area contributed by atoms with Gasteiger partial charge in [-0.15, -0.1) is 11.3 Å². The van der Waals surface area contributed by atoms with Gasteiger partial charge in [0.25, 0.3) is 10.0 Å². The van der Waals surface area contributed by atoms with E-state index < -0.39 is 16.0 Å². The van der Waals surface area contributed by atoms with Crippen LogP contribution in [0.1, 0.15) is 15.2 Å². The summed E-state index contributed by atoms with van der Waals surface area (Å²) in [5.74, 6) is -0.0248. The molecular formula is C14H14N2O5S2. The van der Waals surface area contributed by atoms with E-state index in [9.17, 15) is 13.2 Å². The molecule has 0 radical (unpaired) electrons. The summed E-state index contributed by atoms with van der Waals surface area (Å²) in [5.41, 5.74) is 0.687. The van der Waals surface area contributed by atoms with Gasteiger partial charge in [0.05, 0.1) is 20.4 Å². The Kier molecular flexibility index (Phi) is 5.35. The summed E-state index contributed by atoms with van der Waals surface area (Å²) < 4.78 is 33.9. The van der Waals surface area contributed by atoms with Crippen LogP contribution in [0.3, 0.4) is 0 Å². The number of hydrogen-bond acceptors (Lipinski definition) is 7. The van der Waals surface area contributed by atoms with Gasteiger partial charge in [0.15, 0.2) is 0 Å². The van der Waals surface area contributed by atoms with E-state index in [1.165, 1.54) is 24.8 Å². The molecule has 0 aliphatic rings. The first-order valence-electron chi connectivity index (χ1n) is 6.32. The van der Waals surface area contributed by atoms with Gasteiger partial charge in [0, 0.05) is 0 Å². The molecule has 0 amide bonds. The molecule has 2 aromatic rings. The molecule has 1 heterocycles. The third kappa shape index (κ3) is 4.08. The number of rotatable bonds is 6. The smallest absolute Gasteiger partial charge is 0.349 e. The maximum atomic E-state index is 12.2. The van der Waals surface area contributed by atoms with Crippen molar-refractivity contribution in [2.75, 3.05) is 14.2 Å². The summed E-state index contributed by atoms with van der Waals surface area (Å²) >= 11 is 0.984. The predicted octanol–water partition coefficient (Wildman–Crippen LogP) is 1.86. The number of carbonyl (C=O) groups excluding carboxylic acids is 1. The first-order chi connectivity index (χ1) is 11.0. The third-order valence-electron chi connectivity index (χ3n) is 2.79. The monoisotopic (exact) mass is 354 g/mol. The fraction of sp³-hybridized carbons (Fsp3) is 0.143. The van der Waals surface area contributed by atoms with Crippen molar-refractivity contribution in [1.82, 2.24) is 4.83 Å². The lowest BCUT2D eigenvalue weighted by molar-refractivity contribution is 0.0602. The maximum Gasteiger partial charge on any atom is 0.349 e. The zero-order valence-electron chi connectivity index (χ0n) is 12.3. The summed E-state index contributed by atoms with van der Waals surface area (Å²) in [6, 6.07) is 8.22. The summed E-state index contributed by atoms with van der Waals surface area (Å²) in [7, 11) is -1.21. The molecule has 0 bridgehead atoms. The zero-order valence-corrected chi connectivity index (χ0v) is 14.0. The van der Waals surface area contributed by atoms with Crippen molar-refractivity contribution in [3.8, 4) is 5.75 Å². The van der Waals surface area contributed by atoms with Crippen LogP contribution in [-0.2, 0) is 14.8 Å². The van der Waals surface area contributed by atoms with Crippen LogP contribution in [0.4, 0.5) is 0 Å². The van der Waals surface area contributed by atoms with Crippen LogP contribution in [0.2, 0.25) is 0 Å². The minimum atomic E-state index is -3.95. The Morgan fingerprint density at radius 3 is 2.52 bits per heavy atom. The first-order valence-corrected chi connectivity index (χ1v) is 8.69. The van der Waals surface area contributed by atoms with Crippen LogP contribution in [0.15, 0.2) is 45.7 Å². The minimum Gasteiger partial charge on any atom is -0.497 e. The Balaban J connectivity index is 2.14. The van der Waals surface area contributed by atoms with Crippen molar-refractivity contribution < 1.29 is 22.7 Å². The summed E-state index contributed by atoms with van der Waals surface area (Å²) in [4.78, 5) is 13.4. The van der Waals surface area contributed by atoms with Gasteiger partial charge >= 0.3 is 5.97 Å². The van der Waals surface area contributed by atoms with E-state index >= 15 is 0 Å². The van der Waals surface area contributed by atoms with E-state index in [-0.39, 0.29) is 9.77 Å². The molecule has 2 rings (SSSR count). The fourth-order valence-electron chi connectivity index (χ4n) is 1.66. The van der Waals surface area contributed by atoms with E-state index in [0.29, 0.717) is 11.3 Å². The van der Waals surface area contributed by atoms with Gasteiger partial charge < -0.3 is 9.47 Å². The standard InChI is InChI=1S/C14H14N2O5S2/c1-20-11-5-3-10(4-6-11)9-15-16-23(18,19)12-7-8-22-13(12)14(17)21-2/h3-9,16H,1-2H3. The first kappa shape index (κ1) is 17.0. The summed E-state index contributed by atoms with van der Waals surface area (Å²) in [6.07, 6.45) is 1.35. The molecule has 0 fully saturated rings. The number of benzene rings is 1. The molecule has 0 spiro atoms. The van der Waals surface area contributed by atoms with E-state index in [0.717, 1.165) is 11.3 Å². The van der Waals surface area contributed by atoms with Gasteiger partial charge in [-0.05, 0) is 41.3 Å². The minimum absolute atomic E-state index is 0.000326. The maximum absolute atomic E-state index is 12.2. The highest BCUT2D eigenvalue weighted by Crippen LogP contribution is 2.22. The molecule has 9 heteroatoms. The van der Waals surface area contributed by atoms with Crippen LogP contribution >= 0.6 is 11.3 Å². The second-order valence-electron chi connectivity index (χ2n) is 4.23. The topological polar surface area (TPSA) is 94.1 Å². The zero-order chi connectivity index (χ0) is 16.9. The molecule has 0 unspecified atom stereocenters. The van der Waals surface area contributed by atoms with E-state index in [1.54, 1.807) is 31.4 Å². The number of nitrogens with one attached hydrogen (secondary N) is 1. The molecule has 23 heavy (non-hydrogen) atoms. The van der Waals surface area contributed by atoms with Crippen molar-refractivity contribution >= 4 is 33.5 Å². The fourth-order valence-corrected chi connectivity index (χ4v) is 3.79. The molecule has 0 atom stereocenters. The van der Waals surface area contributed by atoms with Gasteiger partial charge in [-0.2, -0.15) is 13.5 Å². The summed E-state index contributed by atoms with van der Waals surface area (Å²) in [5, 5.41) is 5.19. The predicted molar refractivity (Wildman–Crippen MR) is 86.6 cm³/mol. The third-order valence-corrected chi connectivity index (χ3v) is 5.08. The number of ether oxygens (including phenoxy) is 2. The van der Waals surface area contributed by atoms with Gasteiger partial charge in [0.2, 0.25) is 0 Å². The Hall–Kier alpha value is -2.39. The van der Waals surface area contributed by atoms with Crippen molar-refractivity contribution in [1.29, 1.82) is 0 Å². The number of esters is 1. The number of carbonyl (C=O) groups is 1. The molecular weight excluding hydrogens is 340 g/mol. The largest absolute Gasteiger partial charge is 0.497 e. The second-order valence-corrected chi connectivity index (χ2v) is 6.78. The van der Waals surface area contributed by atoms with Crippen LogP contribution in [0.25, 0.3) is 0 Å². The van der Waals surface area contributed by atoms with Gasteiger partial charge in [-0.25, -0.2) is 9.63 Å². The van der Waals surface area contributed by atoms with Crippen molar-refractivity contribution in [3.05, 3.63) is 46.2 Å². The lowest BCUT2D eigenvalue weighted by Gasteiger charge is -2.04. The molecule has 0 saturated heterocycles. The van der Waals surface area contributed by atoms with Gasteiger partial charge in [-0.1, -0.05) is 0 Å². The Morgan fingerprint density at radius 1 is 1.22 bits per heavy atom. The van der Waals surface area contributed by atoms with Crippen LogP contribution in [0, 0.1) is 0 Å². The van der Waals surface area contributed by atoms with Crippen molar-refractivity contribution in [2.45, 2.75) is 4.90 Å². The highest BCUT2D eigenvalue weighted by atomic mass is 32.2. The second kappa shape index (κ2) is 7.25. The number of hydrogen-bond donors (Lipinski definition) is 1. The SMILES string of the molecule is COC(=O)c1sccc1S(=O)(=O)NN=Cc1ccc(OC)cc1.